The molecule has 1 fully saturated rings. The predicted octanol–water partition coefficient (Wildman–Crippen LogP) is 3.61. The molecule has 3 N–H and O–H groups in total. The summed E-state index contributed by atoms with van der Waals surface area (Å²) in [6.45, 7) is 1.40. The third kappa shape index (κ3) is 5.65. The number of anilines is 1. The molecule has 29 heavy (non-hydrogen) atoms. The minimum absolute atomic E-state index is 0.204. The molecule has 0 saturated carbocycles. The lowest BCUT2D eigenvalue weighted by Crippen LogP contribution is -2.47. The highest BCUT2D eigenvalue weighted by atomic mass is 16.5. The third-order valence-corrected chi connectivity index (χ3v) is 5.00. The molecule has 1 saturated heterocycles. The van der Waals surface area contributed by atoms with Crippen LogP contribution in [-0.2, 0) is 9.59 Å². The second kappa shape index (κ2) is 10.7. The molecular weight excluding hydrogens is 366 g/mol. The van der Waals surface area contributed by atoms with E-state index in [1.165, 1.54) is 4.90 Å². The number of hydrogen-bond donors (Lipinski definition) is 2. The molecule has 2 aromatic rings. The van der Waals surface area contributed by atoms with Crippen LogP contribution < -0.4 is 20.7 Å². The second-order valence-corrected chi connectivity index (χ2v) is 7.20. The van der Waals surface area contributed by atoms with Crippen LogP contribution in [0.2, 0.25) is 0 Å². The van der Waals surface area contributed by atoms with Crippen LogP contribution in [0.15, 0.2) is 54.6 Å². The third-order valence-electron chi connectivity index (χ3n) is 5.00. The van der Waals surface area contributed by atoms with Gasteiger partial charge in [-0.3, -0.25) is 9.59 Å². The summed E-state index contributed by atoms with van der Waals surface area (Å²) in [6.07, 6.45) is 4.42. The Balaban J connectivity index is 1.86. The maximum atomic E-state index is 13.2. The maximum absolute atomic E-state index is 13.2. The van der Waals surface area contributed by atoms with Gasteiger partial charge >= 0.3 is 0 Å². The van der Waals surface area contributed by atoms with Crippen molar-refractivity contribution in [2.75, 3.05) is 18.0 Å². The molecular formula is C23H29N3O3. The summed E-state index contributed by atoms with van der Waals surface area (Å²) in [6, 6.07) is 16.2. The fraction of sp³-hybridized carbons (Fsp3) is 0.391. The molecule has 1 aliphatic rings. The number of carbonyl (C=O) groups is 2. The molecule has 0 spiro atoms. The number of unbranched alkanes of at least 4 members (excludes halogenated alkanes) is 2. The van der Waals surface area contributed by atoms with Gasteiger partial charge in [-0.15, -0.1) is 0 Å². The van der Waals surface area contributed by atoms with Crippen molar-refractivity contribution in [3.05, 3.63) is 54.6 Å². The summed E-state index contributed by atoms with van der Waals surface area (Å²) in [5, 5.41) is 3.21. The summed E-state index contributed by atoms with van der Waals surface area (Å²) in [4.78, 5) is 27.7. The minimum atomic E-state index is -0.340. The lowest BCUT2D eigenvalue weighted by atomic mass is 10.1. The van der Waals surface area contributed by atoms with Gasteiger partial charge in [0, 0.05) is 6.42 Å². The van der Waals surface area contributed by atoms with Gasteiger partial charge in [-0.25, -0.2) is 4.90 Å². The van der Waals surface area contributed by atoms with Crippen LogP contribution in [0.1, 0.15) is 38.5 Å². The molecule has 154 valence electrons. The van der Waals surface area contributed by atoms with E-state index in [-0.39, 0.29) is 17.9 Å². The highest BCUT2D eigenvalue weighted by molar-refractivity contribution is 6.17. The number of rotatable bonds is 9. The molecule has 1 heterocycles. The lowest BCUT2D eigenvalue weighted by Gasteiger charge is -2.26. The Bertz CT molecular complexity index is 804. The van der Waals surface area contributed by atoms with E-state index in [4.69, 9.17) is 10.5 Å². The first kappa shape index (κ1) is 21.0. The number of hydrogen-bond acceptors (Lipinski definition) is 5. The number of imide groups is 1. The normalized spacial score (nSPS) is 15.8. The van der Waals surface area contributed by atoms with E-state index in [1.807, 2.05) is 42.5 Å². The van der Waals surface area contributed by atoms with Crippen LogP contribution in [0.5, 0.6) is 11.5 Å². The Morgan fingerprint density at radius 1 is 1.03 bits per heavy atom. The van der Waals surface area contributed by atoms with Gasteiger partial charge in [-0.1, -0.05) is 36.8 Å². The summed E-state index contributed by atoms with van der Waals surface area (Å²) >= 11 is 0. The zero-order chi connectivity index (χ0) is 20.5. The monoisotopic (exact) mass is 395 g/mol. The highest BCUT2D eigenvalue weighted by Crippen LogP contribution is 2.33. The van der Waals surface area contributed by atoms with E-state index in [1.54, 1.807) is 12.1 Å². The quantitative estimate of drug-likeness (QED) is 0.634. The molecule has 1 atom stereocenters. The van der Waals surface area contributed by atoms with Crippen molar-refractivity contribution in [2.24, 2.45) is 5.73 Å². The topological polar surface area (TPSA) is 84.7 Å². The number of nitrogens with one attached hydrogen (secondary N) is 1. The summed E-state index contributed by atoms with van der Waals surface area (Å²) in [5.74, 6) is 0.724. The van der Waals surface area contributed by atoms with E-state index in [9.17, 15) is 9.59 Å². The number of nitrogens with two attached hydrogens (primary N) is 1. The second-order valence-electron chi connectivity index (χ2n) is 7.20. The minimum Gasteiger partial charge on any atom is -0.455 e. The first-order valence-electron chi connectivity index (χ1n) is 10.3. The first-order chi connectivity index (χ1) is 14.2. The number of benzene rings is 2. The van der Waals surface area contributed by atoms with E-state index in [0.29, 0.717) is 36.6 Å². The van der Waals surface area contributed by atoms with E-state index in [0.717, 1.165) is 32.2 Å². The molecule has 3 rings (SSSR count). The maximum Gasteiger partial charge on any atom is 0.251 e. The zero-order valence-electron chi connectivity index (χ0n) is 16.7. The number of para-hydroxylation sites is 3. The average molecular weight is 396 g/mol. The smallest absolute Gasteiger partial charge is 0.251 e. The first-order valence-corrected chi connectivity index (χ1v) is 10.3. The molecule has 6 heteroatoms. The lowest BCUT2D eigenvalue weighted by molar-refractivity contribution is -0.127. The SMILES string of the molecule is NCCCCCC(=O)N(C(=O)C1CCCN1)c1ccccc1Oc1ccccc1. The van der Waals surface area contributed by atoms with Crippen molar-refractivity contribution < 1.29 is 14.3 Å². The molecule has 1 unspecified atom stereocenters. The number of nitrogens with zero attached hydrogens (tertiary/aromatic N) is 1. The zero-order valence-corrected chi connectivity index (χ0v) is 16.7. The van der Waals surface area contributed by atoms with Crippen molar-refractivity contribution in [2.45, 2.75) is 44.6 Å². The number of amides is 2. The Morgan fingerprint density at radius 3 is 2.52 bits per heavy atom. The van der Waals surface area contributed by atoms with E-state index >= 15 is 0 Å². The van der Waals surface area contributed by atoms with E-state index < -0.39 is 0 Å². The van der Waals surface area contributed by atoms with E-state index in [2.05, 4.69) is 5.32 Å². The molecule has 0 radical (unpaired) electrons. The molecule has 6 nitrogen and oxygen atoms in total. The number of ether oxygens (including phenoxy) is 1. The molecule has 0 aromatic heterocycles. The molecule has 0 bridgehead atoms. The highest BCUT2D eigenvalue weighted by Gasteiger charge is 2.33. The fourth-order valence-electron chi connectivity index (χ4n) is 3.48. The number of carbonyl (C=O) groups excluding carboxylic acids is 2. The molecule has 1 aliphatic heterocycles. The Kier molecular flexibility index (Phi) is 7.78. The molecule has 2 amide bonds. The van der Waals surface area contributed by atoms with Gasteiger partial charge in [0.15, 0.2) is 5.75 Å². The van der Waals surface area contributed by atoms with Crippen molar-refractivity contribution >= 4 is 17.5 Å². The van der Waals surface area contributed by atoms with Gasteiger partial charge in [-0.2, -0.15) is 0 Å². The molecule has 0 aliphatic carbocycles. The summed E-state index contributed by atoms with van der Waals surface area (Å²) < 4.78 is 6.01. The van der Waals surface area contributed by atoms with Gasteiger partial charge in [0.05, 0.1) is 11.7 Å². The predicted molar refractivity (Wildman–Crippen MR) is 114 cm³/mol. The van der Waals surface area contributed by atoms with Crippen molar-refractivity contribution in [3.8, 4) is 11.5 Å². The Morgan fingerprint density at radius 2 is 1.79 bits per heavy atom. The Hall–Kier alpha value is -2.70. The van der Waals surface area contributed by atoms with Gasteiger partial charge in [0.2, 0.25) is 5.91 Å². The van der Waals surface area contributed by atoms with Gasteiger partial charge in [0.25, 0.3) is 5.91 Å². The average Bonchev–Trinajstić information content (AvgIpc) is 3.28. The van der Waals surface area contributed by atoms with Crippen LogP contribution in [0.25, 0.3) is 0 Å². The largest absolute Gasteiger partial charge is 0.455 e. The van der Waals surface area contributed by atoms with Crippen molar-refractivity contribution in [3.63, 3.8) is 0 Å². The standard InChI is InChI=1S/C23H29N3O3/c24-16-8-2-5-15-22(27)26(23(28)19-12-9-17-25-19)20-13-6-7-14-21(20)29-18-10-3-1-4-11-18/h1,3-4,6-7,10-11,13-14,19,25H,2,5,8-9,12,15-17,24H2. The summed E-state index contributed by atoms with van der Waals surface area (Å²) in [5.41, 5.74) is 6.03. The van der Waals surface area contributed by atoms with Crippen LogP contribution in [0.3, 0.4) is 0 Å². The van der Waals surface area contributed by atoms with Gasteiger partial charge in [-0.05, 0) is 63.0 Å². The van der Waals surface area contributed by atoms with Crippen LogP contribution in [0.4, 0.5) is 5.69 Å². The molecule has 2 aromatic carbocycles. The van der Waals surface area contributed by atoms with Crippen molar-refractivity contribution in [1.82, 2.24) is 5.32 Å². The van der Waals surface area contributed by atoms with Gasteiger partial charge in [0.1, 0.15) is 5.75 Å². The van der Waals surface area contributed by atoms with Crippen molar-refractivity contribution in [1.29, 1.82) is 0 Å². The van der Waals surface area contributed by atoms with Crippen LogP contribution in [-0.4, -0.2) is 30.9 Å². The summed E-state index contributed by atoms with van der Waals surface area (Å²) in [7, 11) is 0. The Labute approximate surface area is 172 Å². The van der Waals surface area contributed by atoms with Crippen LogP contribution >= 0.6 is 0 Å². The van der Waals surface area contributed by atoms with Crippen LogP contribution in [0, 0.1) is 0 Å². The van der Waals surface area contributed by atoms with Gasteiger partial charge < -0.3 is 15.8 Å². The fourth-order valence-corrected chi connectivity index (χ4v) is 3.48.